The van der Waals surface area contributed by atoms with E-state index in [1.165, 1.54) is 0 Å². The van der Waals surface area contributed by atoms with Gasteiger partial charge in [-0.05, 0) is 55.5 Å². The summed E-state index contributed by atoms with van der Waals surface area (Å²) in [4.78, 5) is 18.8. The van der Waals surface area contributed by atoms with Gasteiger partial charge in [-0.3, -0.25) is 0 Å². The third kappa shape index (κ3) is 8.22. The van der Waals surface area contributed by atoms with Gasteiger partial charge >= 0.3 is 6.03 Å². The minimum absolute atomic E-state index is 0. The molecule has 6 nitrogen and oxygen atoms in total. The number of benzene rings is 2. The van der Waals surface area contributed by atoms with E-state index in [4.69, 9.17) is 11.6 Å². The average molecular weight is 556 g/mol. The molecule has 31 heavy (non-hydrogen) atoms. The maximum Gasteiger partial charge on any atom is 0.321 e. The summed E-state index contributed by atoms with van der Waals surface area (Å²) in [5.41, 5.74) is 2.96. The van der Waals surface area contributed by atoms with E-state index in [1.54, 1.807) is 0 Å². The van der Waals surface area contributed by atoms with E-state index in [0.29, 0.717) is 6.54 Å². The Labute approximate surface area is 206 Å². The highest BCUT2D eigenvalue weighted by atomic mass is 127. The summed E-state index contributed by atoms with van der Waals surface area (Å²) in [6, 6.07) is 15.7. The topological polar surface area (TPSA) is 68.8 Å². The fraction of sp³-hybridized carbons (Fsp3) is 0.391. The summed E-state index contributed by atoms with van der Waals surface area (Å²) in [7, 11) is 0. The third-order valence-corrected chi connectivity index (χ3v) is 5.35. The van der Waals surface area contributed by atoms with Crippen molar-refractivity contribution in [3.63, 3.8) is 0 Å². The van der Waals surface area contributed by atoms with Crippen LogP contribution in [0, 0.1) is 0 Å². The molecule has 2 aromatic rings. The van der Waals surface area contributed by atoms with Crippen molar-refractivity contribution in [2.45, 2.75) is 32.7 Å². The Hall–Kier alpha value is -2.00. The van der Waals surface area contributed by atoms with Crippen LogP contribution in [0.25, 0.3) is 0 Å². The Morgan fingerprint density at radius 1 is 1.10 bits per heavy atom. The number of urea groups is 1. The summed E-state index contributed by atoms with van der Waals surface area (Å²) >= 11 is 6.23. The van der Waals surface area contributed by atoms with Crippen molar-refractivity contribution >= 4 is 53.3 Å². The van der Waals surface area contributed by atoms with Crippen LogP contribution in [0.15, 0.2) is 53.5 Å². The lowest BCUT2D eigenvalue weighted by Crippen LogP contribution is -2.38. The van der Waals surface area contributed by atoms with Crippen LogP contribution in [0.2, 0.25) is 5.02 Å². The lowest BCUT2D eigenvalue weighted by atomic mass is 10.1. The van der Waals surface area contributed by atoms with Crippen molar-refractivity contribution in [1.29, 1.82) is 0 Å². The number of guanidine groups is 1. The molecule has 1 fully saturated rings. The van der Waals surface area contributed by atoms with Crippen LogP contribution >= 0.6 is 35.6 Å². The molecule has 0 radical (unpaired) electrons. The van der Waals surface area contributed by atoms with E-state index in [-0.39, 0.29) is 30.0 Å². The molecule has 8 heteroatoms. The quantitative estimate of drug-likeness (QED) is 0.259. The Bertz CT molecular complexity index is 871. The first-order chi connectivity index (χ1) is 14.7. The van der Waals surface area contributed by atoms with Crippen molar-refractivity contribution in [2.24, 2.45) is 4.99 Å². The Kier molecular flexibility index (Phi) is 10.9. The summed E-state index contributed by atoms with van der Waals surface area (Å²) in [6.07, 6.45) is 2.99. The zero-order valence-corrected chi connectivity index (χ0v) is 21.0. The fourth-order valence-electron chi connectivity index (χ4n) is 3.40. The van der Waals surface area contributed by atoms with Gasteiger partial charge in [-0.15, -0.1) is 24.0 Å². The molecular formula is C23H31ClIN5O. The Morgan fingerprint density at radius 2 is 1.87 bits per heavy atom. The van der Waals surface area contributed by atoms with Crippen LogP contribution in [0.4, 0.5) is 10.5 Å². The number of nitrogens with one attached hydrogen (secondary N) is 3. The van der Waals surface area contributed by atoms with Crippen LogP contribution in [0.1, 0.15) is 30.9 Å². The molecule has 0 aromatic heterocycles. The van der Waals surface area contributed by atoms with E-state index in [0.717, 1.165) is 73.2 Å². The van der Waals surface area contributed by atoms with Crippen LogP contribution in [-0.4, -0.2) is 43.1 Å². The molecule has 0 aliphatic carbocycles. The summed E-state index contributed by atoms with van der Waals surface area (Å²) < 4.78 is 0. The Balaban J connectivity index is 0.00000341. The van der Waals surface area contributed by atoms with Gasteiger partial charge in [0.25, 0.3) is 0 Å². The largest absolute Gasteiger partial charge is 0.357 e. The van der Waals surface area contributed by atoms with Gasteiger partial charge in [0.2, 0.25) is 0 Å². The van der Waals surface area contributed by atoms with Crippen molar-refractivity contribution in [3.8, 4) is 0 Å². The first-order valence-corrected chi connectivity index (χ1v) is 10.9. The fourth-order valence-corrected chi connectivity index (χ4v) is 3.63. The summed E-state index contributed by atoms with van der Waals surface area (Å²) in [6.45, 7) is 5.75. The van der Waals surface area contributed by atoms with Crippen LogP contribution in [0.5, 0.6) is 0 Å². The number of rotatable bonds is 7. The third-order valence-electron chi connectivity index (χ3n) is 4.98. The average Bonchev–Trinajstić information content (AvgIpc) is 3.29. The van der Waals surface area contributed by atoms with Gasteiger partial charge in [-0.25, -0.2) is 9.79 Å². The molecular weight excluding hydrogens is 525 g/mol. The maximum absolute atomic E-state index is 12.3. The molecule has 1 heterocycles. The zero-order valence-electron chi connectivity index (χ0n) is 17.9. The number of carbonyl (C=O) groups excluding carboxylic acids is 1. The van der Waals surface area contributed by atoms with Gasteiger partial charge in [-0.1, -0.05) is 41.9 Å². The van der Waals surface area contributed by atoms with Gasteiger partial charge in [-0.2, -0.15) is 0 Å². The van der Waals surface area contributed by atoms with Crippen molar-refractivity contribution in [2.75, 3.05) is 31.5 Å². The maximum atomic E-state index is 12.3. The first kappa shape index (κ1) is 25.3. The molecule has 0 saturated carbocycles. The SMILES string of the molecule is CCNC(=NCc1cccc(NC(=O)N2CCCC2)c1)NCCc1ccccc1Cl.I. The summed E-state index contributed by atoms with van der Waals surface area (Å²) in [5, 5.41) is 10.4. The molecule has 0 atom stereocenters. The number of hydrogen-bond donors (Lipinski definition) is 3. The normalized spacial score (nSPS) is 13.5. The van der Waals surface area contributed by atoms with Crippen LogP contribution < -0.4 is 16.0 Å². The number of halogens is 2. The Morgan fingerprint density at radius 3 is 2.61 bits per heavy atom. The highest BCUT2D eigenvalue weighted by molar-refractivity contribution is 14.0. The van der Waals surface area contributed by atoms with Crippen LogP contribution in [-0.2, 0) is 13.0 Å². The number of aliphatic imine (C=N–C) groups is 1. The molecule has 3 rings (SSSR count). The van der Waals surface area contributed by atoms with Crippen molar-refractivity contribution in [3.05, 3.63) is 64.7 Å². The number of nitrogens with zero attached hydrogens (tertiary/aromatic N) is 2. The minimum Gasteiger partial charge on any atom is -0.357 e. The standard InChI is InChI=1S/C23H30ClN5O.HI/c1-2-25-22(26-13-12-19-9-3-4-11-21(19)24)27-17-18-8-7-10-20(16-18)28-23(30)29-14-5-6-15-29;/h3-4,7-11,16H,2,5-6,12-15,17H2,1H3,(H,28,30)(H2,25,26,27);1H. The van der Waals surface area contributed by atoms with E-state index < -0.39 is 0 Å². The van der Waals surface area contributed by atoms with Gasteiger partial charge in [0.1, 0.15) is 0 Å². The smallest absolute Gasteiger partial charge is 0.321 e. The minimum atomic E-state index is -0.0253. The first-order valence-electron chi connectivity index (χ1n) is 10.6. The van der Waals surface area contributed by atoms with E-state index in [2.05, 4.69) is 20.9 Å². The summed E-state index contributed by atoms with van der Waals surface area (Å²) in [5.74, 6) is 0.760. The highest BCUT2D eigenvalue weighted by Crippen LogP contribution is 2.16. The zero-order chi connectivity index (χ0) is 21.2. The molecule has 2 amide bonds. The molecule has 1 aliphatic heterocycles. The molecule has 0 bridgehead atoms. The lowest BCUT2D eigenvalue weighted by Gasteiger charge is -2.16. The van der Waals surface area contributed by atoms with Crippen molar-refractivity contribution < 1.29 is 4.79 Å². The lowest BCUT2D eigenvalue weighted by molar-refractivity contribution is 0.222. The predicted octanol–water partition coefficient (Wildman–Crippen LogP) is 4.88. The van der Waals surface area contributed by atoms with E-state index in [9.17, 15) is 4.79 Å². The number of likely N-dealkylation sites (tertiary alicyclic amines) is 1. The van der Waals surface area contributed by atoms with E-state index in [1.807, 2.05) is 60.4 Å². The second-order valence-corrected chi connectivity index (χ2v) is 7.70. The molecule has 168 valence electrons. The van der Waals surface area contributed by atoms with E-state index >= 15 is 0 Å². The highest BCUT2D eigenvalue weighted by Gasteiger charge is 2.17. The van der Waals surface area contributed by atoms with Gasteiger partial charge in [0, 0.05) is 36.9 Å². The molecule has 1 saturated heterocycles. The number of amides is 2. The van der Waals surface area contributed by atoms with Gasteiger partial charge in [0.05, 0.1) is 6.54 Å². The predicted molar refractivity (Wildman–Crippen MR) is 140 cm³/mol. The molecule has 3 N–H and O–H groups in total. The van der Waals surface area contributed by atoms with Gasteiger partial charge < -0.3 is 20.9 Å². The number of anilines is 1. The van der Waals surface area contributed by atoms with Crippen molar-refractivity contribution in [1.82, 2.24) is 15.5 Å². The number of carbonyl (C=O) groups is 1. The molecule has 2 aromatic carbocycles. The van der Waals surface area contributed by atoms with Gasteiger partial charge in [0.15, 0.2) is 5.96 Å². The molecule has 0 spiro atoms. The monoisotopic (exact) mass is 555 g/mol. The molecule has 1 aliphatic rings. The second kappa shape index (κ2) is 13.4. The second-order valence-electron chi connectivity index (χ2n) is 7.29. The molecule has 0 unspecified atom stereocenters. The van der Waals surface area contributed by atoms with Crippen LogP contribution in [0.3, 0.4) is 0 Å². The number of hydrogen-bond acceptors (Lipinski definition) is 2.